The first kappa shape index (κ1) is 13.6. The maximum absolute atomic E-state index is 7.73. The van der Waals surface area contributed by atoms with E-state index in [0.717, 1.165) is 19.4 Å². The lowest BCUT2D eigenvalue weighted by Gasteiger charge is -2.32. The molecule has 0 aliphatic heterocycles. The molecule has 0 heterocycles. The lowest BCUT2D eigenvalue weighted by atomic mass is 9.74. The van der Waals surface area contributed by atoms with Crippen LogP contribution >= 0.6 is 23.2 Å². The van der Waals surface area contributed by atoms with Gasteiger partial charge in [-0.2, -0.15) is 0 Å². The van der Waals surface area contributed by atoms with E-state index in [1.165, 1.54) is 22.0 Å². The third-order valence-corrected chi connectivity index (χ3v) is 5.03. The largest absolute Gasteiger partial charge is 0.319 e. The molecule has 110 valence electrons. The Balaban J connectivity index is 1.99. The number of hydrogen-bond acceptors (Lipinski definition) is 1. The van der Waals surface area contributed by atoms with Crippen molar-refractivity contribution >= 4 is 23.2 Å². The van der Waals surface area contributed by atoms with Crippen molar-refractivity contribution in [3.63, 3.8) is 0 Å². The van der Waals surface area contributed by atoms with Gasteiger partial charge in [0, 0.05) is 5.92 Å². The van der Waals surface area contributed by atoms with Crippen molar-refractivity contribution in [2.24, 2.45) is 5.92 Å². The number of nitrogens with one attached hydrogen (secondary N) is 1. The van der Waals surface area contributed by atoms with Crippen molar-refractivity contribution in [1.29, 1.82) is 0 Å². The molecule has 0 saturated heterocycles. The van der Waals surface area contributed by atoms with Crippen molar-refractivity contribution in [2.45, 2.75) is 18.8 Å². The van der Waals surface area contributed by atoms with E-state index >= 15 is 0 Å². The molecule has 1 aliphatic carbocycles. The van der Waals surface area contributed by atoms with Gasteiger partial charge in [-0.15, -0.1) is 0 Å². The molecule has 2 aromatic carbocycles. The first-order valence-corrected chi connectivity index (χ1v) is 8.03. The number of halogens is 2. The second-order valence-corrected chi connectivity index (χ2v) is 6.54. The van der Waals surface area contributed by atoms with Crippen LogP contribution < -0.4 is 5.31 Å². The van der Waals surface area contributed by atoms with Crippen LogP contribution in [0, 0.1) is 5.92 Å². The Bertz CT molecular complexity index is 672. The molecular formula is C18H19Cl2N. The Labute approximate surface area is 137 Å². The van der Waals surface area contributed by atoms with Gasteiger partial charge < -0.3 is 5.31 Å². The molecule has 1 aliphatic rings. The number of rotatable bonds is 3. The van der Waals surface area contributed by atoms with Gasteiger partial charge in [0.1, 0.15) is 1.41 Å². The summed E-state index contributed by atoms with van der Waals surface area (Å²) >= 11 is 12.3. The highest BCUT2D eigenvalue weighted by Gasteiger charge is 2.27. The Morgan fingerprint density at radius 2 is 2.00 bits per heavy atom. The minimum absolute atomic E-state index is 0.324. The quantitative estimate of drug-likeness (QED) is 0.847. The first-order chi connectivity index (χ1) is 10.5. The fourth-order valence-electron chi connectivity index (χ4n) is 3.36. The van der Waals surface area contributed by atoms with Gasteiger partial charge in [0.15, 0.2) is 0 Å². The molecule has 0 radical (unpaired) electrons. The van der Waals surface area contributed by atoms with E-state index in [4.69, 9.17) is 24.6 Å². The summed E-state index contributed by atoms with van der Waals surface area (Å²) in [6.45, 7) is 0.784. The lowest BCUT2D eigenvalue weighted by molar-refractivity contribution is 0.414. The Hall–Kier alpha value is -1.02. The molecule has 2 aromatic rings. The minimum atomic E-state index is 0.324. The van der Waals surface area contributed by atoms with Gasteiger partial charge >= 0.3 is 0 Å². The molecule has 3 heteroatoms. The number of benzene rings is 2. The van der Waals surface area contributed by atoms with Crippen LogP contribution in [0.4, 0.5) is 0 Å². The first-order valence-electron chi connectivity index (χ1n) is 7.72. The minimum Gasteiger partial charge on any atom is -0.319 e. The van der Waals surface area contributed by atoms with Gasteiger partial charge in [-0.1, -0.05) is 53.5 Å². The second kappa shape index (κ2) is 6.39. The summed E-state index contributed by atoms with van der Waals surface area (Å²) in [5, 5.41) is 2.73. The van der Waals surface area contributed by atoms with Gasteiger partial charge in [0.25, 0.3) is 0 Å². The molecule has 0 amide bonds. The van der Waals surface area contributed by atoms with E-state index < -0.39 is 0 Å². The SMILES string of the molecule is [2H]N(C)CC1Cc2ccccc2C(c2ccc(Cl)c(Cl)c2)C1. The summed E-state index contributed by atoms with van der Waals surface area (Å²) in [5.41, 5.74) is 3.97. The highest BCUT2D eigenvalue weighted by Crippen LogP contribution is 2.40. The van der Waals surface area contributed by atoms with Crippen molar-refractivity contribution in [3.8, 4) is 0 Å². The van der Waals surface area contributed by atoms with Crippen LogP contribution in [0.1, 0.15) is 29.0 Å². The zero-order valence-corrected chi connectivity index (χ0v) is 13.5. The van der Waals surface area contributed by atoms with Gasteiger partial charge in [0.05, 0.1) is 10.0 Å². The van der Waals surface area contributed by atoms with E-state index in [2.05, 4.69) is 30.3 Å². The predicted molar refractivity (Wildman–Crippen MR) is 90.5 cm³/mol. The molecule has 0 spiro atoms. The summed E-state index contributed by atoms with van der Waals surface area (Å²) in [7, 11) is 1.81. The van der Waals surface area contributed by atoms with Gasteiger partial charge in [0.2, 0.25) is 0 Å². The molecule has 2 atom stereocenters. The summed E-state index contributed by atoms with van der Waals surface area (Å²) in [5.74, 6) is 0.807. The normalized spacial score (nSPS) is 22.0. The van der Waals surface area contributed by atoms with Crippen LogP contribution in [-0.4, -0.2) is 13.6 Å². The molecular weight excluding hydrogens is 301 g/mol. The third kappa shape index (κ3) is 3.11. The molecule has 0 bridgehead atoms. The van der Waals surface area contributed by atoms with Crippen LogP contribution in [0.3, 0.4) is 0 Å². The monoisotopic (exact) mass is 320 g/mol. The third-order valence-electron chi connectivity index (χ3n) is 4.29. The second-order valence-electron chi connectivity index (χ2n) is 5.73. The summed E-state index contributed by atoms with van der Waals surface area (Å²) in [4.78, 5) is 0. The molecule has 1 N–H and O–H groups in total. The fraction of sp³-hybridized carbons (Fsp3) is 0.333. The highest BCUT2D eigenvalue weighted by molar-refractivity contribution is 6.42. The van der Waals surface area contributed by atoms with Gasteiger partial charge in [-0.05, 0) is 61.2 Å². The van der Waals surface area contributed by atoms with Crippen molar-refractivity contribution in [1.82, 2.24) is 5.31 Å². The van der Waals surface area contributed by atoms with Gasteiger partial charge in [-0.3, -0.25) is 0 Å². The smallest absolute Gasteiger partial charge is 0.122 e. The van der Waals surface area contributed by atoms with Crippen LogP contribution in [0.5, 0.6) is 0 Å². The van der Waals surface area contributed by atoms with E-state index in [9.17, 15) is 0 Å². The van der Waals surface area contributed by atoms with Crippen LogP contribution in [-0.2, 0) is 6.42 Å². The summed E-state index contributed by atoms with van der Waals surface area (Å²) in [6, 6.07) is 14.5. The molecule has 0 aromatic heterocycles. The zero-order valence-electron chi connectivity index (χ0n) is 13.0. The van der Waals surface area contributed by atoms with Crippen molar-refractivity contribution in [2.75, 3.05) is 13.6 Å². The lowest BCUT2D eigenvalue weighted by Crippen LogP contribution is -2.27. The molecule has 2 unspecified atom stereocenters. The summed E-state index contributed by atoms with van der Waals surface area (Å²) < 4.78 is 7.73. The van der Waals surface area contributed by atoms with E-state index in [0.29, 0.717) is 21.9 Å². The van der Waals surface area contributed by atoms with E-state index in [1.54, 1.807) is 0 Å². The zero-order chi connectivity index (χ0) is 15.7. The topological polar surface area (TPSA) is 12.0 Å². The van der Waals surface area contributed by atoms with Crippen molar-refractivity contribution in [3.05, 3.63) is 69.2 Å². The summed E-state index contributed by atoms with van der Waals surface area (Å²) in [6.07, 6.45) is 2.08. The predicted octanol–water partition coefficient (Wildman–Crippen LogP) is 4.91. The van der Waals surface area contributed by atoms with Crippen LogP contribution in [0.25, 0.3) is 0 Å². The van der Waals surface area contributed by atoms with E-state index in [1.807, 2.05) is 19.2 Å². The fourth-order valence-corrected chi connectivity index (χ4v) is 3.66. The molecule has 0 fully saturated rings. The number of fused-ring (bicyclic) bond motifs is 1. The Morgan fingerprint density at radius 3 is 2.76 bits per heavy atom. The van der Waals surface area contributed by atoms with Crippen LogP contribution in [0.2, 0.25) is 11.5 Å². The Morgan fingerprint density at radius 1 is 1.19 bits per heavy atom. The van der Waals surface area contributed by atoms with Crippen molar-refractivity contribution < 1.29 is 1.41 Å². The number of hydrogen-bond donors (Lipinski definition) is 1. The molecule has 1 nitrogen and oxygen atoms in total. The average molecular weight is 321 g/mol. The standard InChI is InChI=1S/C18H19Cl2N/c1-21-11-12-8-13-4-2-3-5-15(13)16(9-12)14-6-7-17(19)18(20)10-14/h2-7,10,12,16,21H,8-9,11H2,1H3/i/hD. The van der Waals surface area contributed by atoms with E-state index in [-0.39, 0.29) is 0 Å². The maximum atomic E-state index is 7.73. The maximum Gasteiger partial charge on any atom is 0.122 e. The molecule has 0 saturated carbocycles. The molecule has 3 rings (SSSR count). The average Bonchev–Trinajstić information content (AvgIpc) is 2.48. The van der Waals surface area contributed by atoms with Gasteiger partial charge in [-0.25, -0.2) is 0 Å². The highest BCUT2D eigenvalue weighted by atomic mass is 35.5. The Kier molecular flexibility index (Phi) is 4.15. The molecule has 21 heavy (non-hydrogen) atoms. The van der Waals surface area contributed by atoms with Crippen LogP contribution in [0.15, 0.2) is 42.5 Å².